The first-order chi connectivity index (χ1) is 25.5. The number of aryl methyl sites for hydroxylation is 1. The maximum absolute atomic E-state index is 13.7. The summed E-state index contributed by atoms with van der Waals surface area (Å²) in [6.07, 6.45) is 8.18. The number of anilines is 1. The summed E-state index contributed by atoms with van der Waals surface area (Å²) in [5.74, 6) is -0.855. The minimum atomic E-state index is -4.88. The zero-order valence-corrected chi connectivity index (χ0v) is 34.0. The molecule has 0 amide bonds. The van der Waals surface area contributed by atoms with Crippen LogP contribution in [0.2, 0.25) is 0 Å². The number of benzene rings is 1. The normalized spacial score (nSPS) is 29.6. The number of esters is 1. The smallest absolute Gasteiger partial charge is 0.420 e. The fourth-order valence-corrected chi connectivity index (χ4v) is 11.8. The minimum absolute atomic E-state index is 0.0247. The van der Waals surface area contributed by atoms with Gasteiger partial charge < -0.3 is 19.7 Å². The Kier molecular flexibility index (Phi) is 11.3. The number of hydrogen-bond acceptors (Lipinski definition) is 9. The highest BCUT2D eigenvalue weighted by molar-refractivity contribution is 7.86. The predicted molar refractivity (Wildman–Crippen MR) is 205 cm³/mol. The molecule has 7 rings (SSSR count). The third-order valence-electron chi connectivity index (χ3n) is 11.4. The molecule has 0 saturated heterocycles. The fourth-order valence-electron chi connectivity index (χ4n) is 10.7. The van der Waals surface area contributed by atoms with E-state index in [-0.39, 0.29) is 46.3 Å². The highest BCUT2D eigenvalue weighted by Gasteiger charge is 2.66. The van der Waals surface area contributed by atoms with Gasteiger partial charge in [0.2, 0.25) is 0 Å². The lowest BCUT2D eigenvalue weighted by atomic mass is 9.39. The molecule has 2 aromatic rings. The summed E-state index contributed by atoms with van der Waals surface area (Å²) in [6.45, 7) is 16.1. The highest BCUT2D eigenvalue weighted by atomic mass is 32.2. The van der Waals surface area contributed by atoms with Crippen LogP contribution in [-0.2, 0) is 35.1 Å². The molecule has 4 atom stereocenters. The van der Waals surface area contributed by atoms with Crippen molar-refractivity contribution in [1.82, 2.24) is 15.1 Å². The van der Waals surface area contributed by atoms with Gasteiger partial charge in [0, 0.05) is 19.3 Å². The number of aromatic nitrogens is 2. The van der Waals surface area contributed by atoms with Crippen molar-refractivity contribution in [3.8, 4) is 0 Å². The second-order valence-electron chi connectivity index (χ2n) is 18.4. The summed E-state index contributed by atoms with van der Waals surface area (Å²) in [4.78, 5) is 15.1. The third-order valence-corrected chi connectivity index (χ3v) is 12.7. The van der Waals surface area contributed by atoms with E-state index in [1.54, 1.807) is 6.92 Å². The van der Waals surface area contributed by atoms with Gasteiger partial charge in [-0.15, -0.1) is 0 Å². The van der Waals surface area contributed by atoms with Crippen LogP contribution in [0.5, 0.6) is 0 Å². The van der Waals surface area contributed by atoms with Gasteiger partial charge in [0.1, 0.15) is 11.6 Å². The van der Waals surface area contributed by atoms with Gasteiger partial charge in [0.25, 0.3) is 10.1 Å². The number of allylic oxidation sites excluding steroid dienone is 2. The largest absolute Gasteiger partial charge is 0.458 e. The monoisotopic (exact) mass is 790 g/mol. The SMILES string of the molecule is Cc1ccc(C(OS(=O)(=O)CCCNCCOC23CC4(C)CC(C)(CC(Cn5ncc(N6C=CC=CC6C(=O)OC(C)(C)C)c5C)(C4)C2)C3)C(F)(F)F)cc1. The molecule has 14 heteroatoms. The molecular weight excluding hydrogens is 734 g/mol. The molecule has 0 radical (unpaired) electrons. The number of hydrogen-bond donors (Lipinski definition) is 1. The molecule has 4 bridgehead atoms. The van der Waals surface area contributed by atoms with Crippen LogP contribution in [0.4, 0.5) is 18.9 Å². The lowest BCUT2D eigenvalue weighted by Gasteiger charge is -2.69. The van der Waals surface area contributed by atoms with Crippen molar-refractivity contribution in [1.29, 1.82) is 0 Å². The summed E-state index contributed by atoms with van der Waals surface area (Å²) in [7, 11) is -4.44. The number of rotatable bonds is 15. The second kappa shape index (κ2) is 14.9. The molecule has 304 valence electrons. The fraction of sp³-hybridized carbons (Fsp3) is 0.659. The quantitative estimate of drug-likeness (QED) is 0.110. The van der Waals surface area contributed by atoms with Crippen LogP contribution in [-0.4, -0.2) is 73.0 Å². The Balaban J connectivity index is 1.05. The first-order valence-corrected chi connectivity index (χ1v) is 20.9. The van der Waals surface area contributed by atoms with E-state index in [4.69, 9.17) is 18.8 Å². The van der Waals surface area contributed by atoms with Crippen molar-refractivity contribution in [3.63, 3.8) is 0 Å². The Morgan fingerprint density at radius 3 is 2.29 bits per heavy atom. The van der Waals surface area contributed by atoms with Crippen molar-refractivity contribution in [2.24, 2.45) is 16.2 Å². The van der Waals surface area contributed by atoms with Crippen LogP contribution in [0.25, 0.3) is 0 Å². The molecule has 55 heavy (non-hydrogen) atoms. The molecule has 4 saturated carbocycles. The van der Waals surface area contributed by atoms with Crippen molar-refractivity contribution >= 4 is 21.8 Å². The molecule has 1 aromatic carbocycles. The van der Waals surface area contributed by atoms with Crippen LogP contribution in [0.15, 0.2) is 54.9 Å². The van der Waals surface area contributed by atoms with Crippen molar-refractivity contribution in [2.45, 2.75) is 129 Å². The van der Waals surface area contributed by atoms with Gasteiger partial charge in [-0.1, -0.05) is 55.8 Å². The zero-order valence-electron chi connectivity index (χ0n) is 33.2. The van der Waals surface area contributed by atoms with Crippen molar-refractivity contribution in [2.75, 3.05) is 30.3 Å². The highest BCUT2D eigenvalue weighted by Crippen LogP contribution is 2.72. The molecule has 10 nitrogen and oxygen atoms in total. The maximum Gasteiger partial charge on any atom is 0.420 e. The summed E-state index contributed by atoms with van der Waals surface area (Å²) in [6, 6.07) is 4.87. The first kappa shape index (κ1) is 41.4. The van der Waals surface area contributed by atoms with Crippen LogP contribution in [0.3, 0.4) is 0 Å². The topological polar surface area (TPSA) is 112 Å². The Hall–Kier alpha value is -3.20. The van der Waals surface area contributed by atoms with Crippen LogP contribution >= 0.6 is 0 Å². The summed E-state index contributed by atoms with van der Waals surface area (Å²) in [5, 5.41) is 8.09. The van der Waals surface area contributed by atoms with Crippen molar-refractivity contribution in [3.05, 3.63) is 71.7 Å². The molecule has 1 aliphatic heterocycles. The number of nitrogens with zero attached hydrogens (tertiary/aromatic N) is 3. The number of ether oxygens (including phenoxy) is 2. The van der Waals surface area contributed by atoms with E-state index in [1.165, 1.54) is 24.3 Å². The molecule has 4 unspecified atom stereocenters. The van der Waals surface area contributed by atoms with E-state index in [2.05, 4.69) is 30.8 Å². The van der Waals surface area contributed by atoms with E-state index in [0.29, 0.717) is 13.2 Å². The summed E-state index contributed by atoms with van der Waals surface area (Å²) >= 11 is 0. The number of halogens is 3. The Morgan fingerprint density at radius 1 is 0.982 bits per heavy atom. The average molecular weight is 791 g/mol. The summed E-state index contributed by atoms with van der Waals surface area (Å²) < 4.78 is 85.7. The molecule has 1 aromatic heterocycles. The third kappa shape index (κ3) is 9.68. The predicted octanol–water partition coefficient (Wildman–Crippen LogP) is 7.87. The minimum Gasteiger partial charge on any atom is -0.458 e. The Morgan fingerprint density at radius 2 is 1.65 bits per heavy atom. The second-order valence-corrected chi connectivity index (χ2v) is 20.1. The van der Waals surface area contributed by atoms with Crippen LogP contribution in [0.1, 0.15) is 102 Å². The maximum atomic E-state index is 13.7. The van der Waals surface area contributed by atoms with Gasteiger partial charge in [-0.25, -0.2) is 4.79 Å². The van der Waals surface area contributed by atoms with Gasteiger partial charge in [0.15, 0.2) is 6.10 Å². The number of alkyl halides is 3. The lowest BCUT2D eigenvalue weighted by molar-refractivity contribution is -0.247. The van der Waals surface area contributed by atoms with Crippen molar-refractivity contribution < 1.29 is 40.0 Å². The van der Waals surface area contributed by atoms with Gasteiger partial charge >= 0.3 is 12.1 Å². The number of carbonyl (C=O) groups excluding carboxylic acids is 1. The number of nitrogens with one attached hydrogen (secondary N) is 1. The van der Waals surface area contributed by atoms with E-state index < -0.39 is 39.8 Å². The lowest BCUT2D eigenvalue weighted by Crippen LogP contribution is -2.64. The molecule has 4 fully saturated rings. The summed E-state index contributed by atoms with van der Waals surface area (Å²) in [5.41, 5.74) is 1.65. The number of carbonyl (C=O) groups is 1. The van der Waals surface area contributed by atoms with Gasteiger partial charge in [0.05, 0.1) is 35.5 Å². The van der Waals surface area contributed by atoms with E-state index in [0.717, 1.165) is 62.0 Å². The zero-order chi connectivity index (χ0) is 40.1. The van der Waals surface area contributed by atoms with Gasteiger partial charge in [-0.05, 0) is 114 Å². The van der Waals surface area contributed by atoms with Crippen LogP contribution < -0.4 is 10.2 Å². The van der Waals surface area contributed by atoms with Gasteiger partial charge in [-0.2, -0.15) is 26.7 Å². The van der Waals surface area contributed by atoms with E-state index >= 15 is 0 Å². The average Bonchev–Trinajstić information content (AvgIpc) is 3.39. The Labute approximate surface area is 324 Å². The van der Waals surface area contributed by atoms with E-state index in [9.17, 15) is 26.4 Å². The molecule has 2 heterocycles. The molecular formula is C41H57F3N4O6S. The molecule has 1 N–H and O–H groups in total. The van der Waals surface area contributed by atoms with Gasteiger partial charge in [-0.3, -0.25) is 8.86 Å². The Bertz CT molecular complexity index is 1870. The van der Waals surface area contributed by atoms with Crippen LogP contribution in [0, 0.1) is 30.1 Å². The standard InChI is InChI=1S/C41H57F3N4O6S/c1-29-12-14-31(15-13-29)34(41(42,43)44)54-55(50,51)20-10-16-45-17-19-52-40-25-37(6)22-38(7,26-40)24-39(23-37,27-40)28-48-30(2)33(21-46-48)47-18-9-8-11-32(47)35(49)53-36(3,4)5/h8-9,11-15,18,21,32,34,45H,10,16-17,19-20,22-28H2,1-7H3. The first-order valence-electron chi connectivity index (χ1n) is 19.3. The molecule has 5 aliphatic rings. The van der Waals surface area contributed by atoms with E-state index in [1.807, 2.05) is 56.3 Å². The molecule has 4 aliphatic carbocycles. The molecule has 0 spiro atoms.